The van der Waals surface area contributed by atoms with E-state index in [1.54, 1.807) is 24.3 Å². The van der Waals surface area contributed by atoms with Gasteiger partial charge in [-0.15, -0.1) is 0 Å². The number of hydrazone groups is 1. The van der Waals surface area contributed by atoms with Gasteiger partial charge in [0.05, 0.1) is 5.69 Å². The molecule has 0 aromatic heterocycles. The van der Waals surface area contributed by atoms with Gasteiger partial charge in [0.1, 0.15) is 0 Å². The molecule has 0 radical (unpaired) electrons. The topological polar surface area (TPSA) is 70.6 Å². The molecule has 0 bridgehead atoms. The Morgan fingerprint density at radius 3 is 2.69 bits per heavy atom. The lowest BCUT2D eigenvalue weighted by Gasteiger charge is -2.08. The maximum absolute atomic E-state index is 12.4. The number of rotatable bonds is 6. The van der Waals surface area contributed by atoms with Crippen LogP contribution in [-0.4, -0.2) is 17.5 Å². The zero-order chi connectivity index (χ0) is 18.5. The predicted molar refractivity (Wildman–Crippen MR) is 111 cm³/mol. The molecular weight excluding hydrogens is 441 g/mol. The minimum atomic E-state index is -0.340. The fraction of sp³-hybridized carbons (Fsp3) is 0.250. The van der Waals surface area contributed by atoms with Gasteiger partial charge in [0, 0.05) is 14.7 Å². The van der Waals surface area contributed by atoms with Gasteiger partial charge in [-0.3, -0.25) is 9.59 Å². The van der Waals surface area contributed by atoms with Crippen molar-refractivity contribution in [3.05, 3.63) is 62.7 Å². The van der Waals surface area contributed by atoms with Crippen molar-refractivity contribution in [2.75, 3.05) is 5.32 Å². The largest absolute Gasteiger partial charge is 0.320 e. The molecule has 0 unspecified atom stereocenters. The van der Waals surface area contributed by atoms with Gasteiger partial charge in [-0.2, -0.15) is 5.10 Å². The van der Waals surface area contributed by atoms with Crippen LogP contribution in [-0.2, 0) is 11.2 Å². The number of hydrogen-bond acceptors (Lipinski definition) is 3. The number of unbranched alkanes of at least 4 members (excludes halogenated alkanes) is 2. The third-order valence-electron chi connectivity index (χ3n) is 4.25. The van der Waals surface area contributed by atoms with E-state index in [9.17, 15) is 9.59 Å². The van der Waals surface area contributed by atoms with Crippen molar-refractivity contribution in [2.24, 2.45) is 5.10 Å². The van der Waals surface area contributed by atoms with Crippen molar-refractivity contribution in [3.63, 3.8) is 0 Å². The second kappa shape index (κ2) is 8.44. The summed E-state index contributed by atoms with van der Waals surface area (Å²) in [5.41, 5.74) is 5.93. The Hall–Kier alpha value is -2.22. The molecule has 0 aliphatic carbocycles. The average Bonchev–Trinajstić information content (AvgIpc) is 2.96. The standard InChI is InChI=1S/C20H20IN3O2/c1-2-3-5-10-14-11-15(21)12-16-17(14)22-20(26)18(16)23-24-19(25)13-8-6-4-7-9-13/h4,6-9,11-12H,2-3,5,10H2,1H3,(H,24,25)(H,22,23,26). The molecule has 0 atom stereocenters. The van der Waals surface area contributed by atoms with E-state index in [4.69, 9.17) is 0 Å². The Kier molecular flexibility index (Phi) is 6.03. The number of nitrogens with zero attached hydrogens (tertiary/aromatic N) is 1. The molecule has 3 rings (SSSR count). The average molecular weight is 461 g/mol. The fourth-order valence-corrected chi connectivity index (χ4v) is 3.61. The molecule has 5 nitrogen and oxygen atoms in total. The second-order valence-corrected chi connectivity index (χ2v) is 7.41. The molecule has 2 aromatic carbocycles. The molecule has 1 aliphatic heterocycles. The number of carbonyl (C=O) groups excluding carboxylic acids is 2. The van der Waals surface area contributed by atoms with Crippen molar-refractivity contribution in [1.29, 1.82) is 0 Å². The van der Waals surface area contributed by atoms with Crippen molar-refractivity contribution in [1.82, 2.24) is 5.43 Å². The summed E-state index contributed by atoms with van der Waals surface area (Å²) in [6.45, 7) is 2.17. The van der Waals surface area contributed by atoms with Gasteiger partial charge in [-0.1, -0.05) is 38.0 Å². The number of benzene rings is 2. The first-order chi connectivity index (χ1) is 12.6. The monoisotopic (exact) mass is 461 g/mol. The van der Waals surface area contributed by atoms with Crippen LogP contribution in [0.1, 0.15) is 47.7 Å². The number of hydrogen-bond donors (Lipinski definition) is 2. The molecule has 0 spiro atoms. The molecule has 26 heavy (non-hydrogen) atoms. The van der Waals surface area contributed by atoms with Gasteiger partial charge < -0.3 is 5.32 Å². The van der Waals surface area contributed by atoms with E-state index >= 15 is 0 Å². The molecule has 0 fully saturated rings. The van der Waals surface area contributed by atoms with Crippen LogP contribution in [0.3, 0.4) is 0 Å². The molecule has 0 saturated heterocycles. The van der Waals surface area contributed by atoms with Crippen LogP contribution in [0.2, 0.25) is 0 Å². The summed E-state index contributed by atoms with van der Waals surface area (Å²) >= 11 is 2.25. The first-order valence-electron chi connectivity index (χ1n) is 8.67. The number of aryl methyl sites for hydroxylation is 1. The van der Waals surface area contributed by atoms with Crippen molar-refractivity contribution >= 4 is 45.8 Å². The SMILES string of the molecule is CCCCCc1cc(I)cc2c1NC(=O)/C2=N\NC(=O)c1ccccc1. The smallest absolute Gasteiger partial charge is 0.276 e. The number of nitrogens with one attached hydrogen (secondary N) is 2. The molecule has 1 heterocycles. The van der Waals surface area contributed by atoms with Crippen LogP contribution in [0, 0.1) is 3.57 Å². The summed E-state index contributed by atoms with van der Waals surface area (Å²) in [6, 6.07) is 12.8. The number of halogens is 1. The van der Waals surface area contributed by atoms with Crippen LogP contribution in [0.4, 0.5) is 5.69 Å². The van der Waals surface area contributed by atoms with Gasteiger partial charge in [0.25, 0.3) is 11.8 Å². The molecule has 2 aromatic rings. The van der Waals surface area contributed by atoms with Crippen molar-refractivity contribution in [3.8, 4) is 0 Å². The lowest BCUT2D eigenvalue weighted by Crippen LogP contribution is -2.23. The number of anilines is 1. The van der Waals surface area contributed by atoms with Crippen LogP contribution < -0.4 is 10.7 Å². The molecular formula is C20H20IN3O2. The summed E-state index contributed by atoms with van der Waals surface area (Å²) in [7, 11) is 0. The Morgan fingerprint density at radius 2 is 1.96 bits per heavy atom. The lowest BCUT2D eigenvalue weighted by molar-refractivity contribution is -0.110. The van der Waals surface area contributed by atoms with Gasteiger partial charge in [0.15, 0.2) is 5.71 Å². The maximum Gasteiger partial charge on any atom is 0.276 e. The molecule has 6 heteroatoms. The van der Waals surface area contributed by atoms with E-state index in [0.717, 1.165) is 46.1 Å². The third kappa shape index (κ3) is 4.12. The minimum Gasteiger partial charge on any atom is -0.320 e. The molecule has 1 aliphatic rings. The predicted octanol–water partition coefficient (Wildman–Crippen LogP) is 4.11. The highest BCUT2D eigenvalue weighted by atomic mass is 127. The van der Waals surface area contributed by atoms with Gasteiger partial charge in [-0.05, 0) is 65.3 Å². The van der Waals surface area contributed by atoms with Gasteiger partial charge in [-0.25, -0.2) is 5.43 Å². The Morgan fingerprint density at radius 1 is 1.19 bits per heavy atom. The lowest BCUT2D eigenvalue weighted by atomic mass is 10.0. The first kappa shape index (κ1) is 18.6. The molecule has 134 valence electrons. The van der Waals surface area contributed by atoms with Gasteiger partial charge >= 0.3 is 0 Å². The van der Waals surface area contributed by atoms with Crippen LogP contribution in [0.5, 0.6) is 0 Å². The summed E-state index contributed by atoms with van der Waals surface area (Å²) in [5.74, 6) is -0.625. The minimum absolute atomic E-state index is 0.250. The van der Waals surface area contributed by atoms with E-state index < -0.39 is 0 Å². The highest BCUT2D eigenvalue weighted by molar-refractivity contribution is 14.1. The van der Waals surface area contributed by atoms with Gasteiger partial charge in [0.2, 0.25) is 0 Å². The highest BCUT2D eigenvalue weighted by Crippen LogP contribution is 2.31. The van der Waals surface area contributed by atoms with E-state index in [1.807, 2.05) is 12.1 Å². The highest BCUT2D eigenvalue weighted by Gasteiger charge is 2.29. The Labute approximate surface area is 166 Å². The normalized spacial score (nSPS) is 14.2. The summed E-state index contributed by atoms with van der Waals surface area (Å²) in [4.78, 5) is 24.6. The Bertz CT molecular complexity index is 863. The second-order valence-electron chi connectivity index (χ2n) is 6.17. The van der Waals surface area contributed by atoms with Crippen LogP contribution in [0.15, 0.2) is 47.6 Å². The molecule has 0 saturated carbocycles. The van der Waals surface area contributed by atoms with Crippen LogP contribution in [0.25, 0.3) is 0 Å². The van der Waals surface area contributed by atoms with Crippen molar-refractivity contribution < 1.29 is 9.59 Å². The maximum atomic E-state index is 12.4. The summed E-state index contributed by atoms with van der Waals surface area (Å²) in [5, 5.41) is 7.01. The van der Waals surface area contributed by atoms with E-state index in [2.05, 4.69) is 51.4 Å². The first-order valence-corrected chi connectivity index (χ1v) is 9.75. The number of fused-ring (bicyclic) bond motifs is 1. The summed E-state index contributed by atoms with van der Waals surface area (Å²) in [6.07, 6.45) is 4.30. The molecule has 2 amide bonds. The number of carbonyl (C=O) groups is 2. The summed E-state index contributed by atoms with van der Waals surface area (Å²) < 4.78 is 1.05. The Balaban J connectivity index is 1.85. The van der Waals surface area contributed by atoms with E-state index in [-0.39, 0.29) is 17.5 Å². The van der Waals surface area contributed by atoms with Crippen LogP contribution >= 0.6 is 22.6 Å². The zero-order valence-corrected chi connectivity index (χ0v) is 16.7. The quantitative estimate of drug-likeness (QED) is 0.386. The zero-order valence-electron chi connectivity index (χ0n) is 14.5. The fourth-order valence-electron chi connectivity index (χ4n) is 2.93. The van der Waals surface area contributed by atoms with Crippen molar-refractivity contribution in [2.45, 2.75) is 32.6 Å². The third-order valence-corrected chi connectivity index (χ3v) is 4.87. The van der Waals surface area contributed by atoms with E-state index in [0.29, 0.717) is 5.56 Å². The number of amides is 2. The molecule has 2 N–H and O–H groups in total. The van der Waals surface area contributed by atoms with E-state index in [1.165, 1.54) is 0 Å².